The molecule has 0 saturated heterocycles. The smallest absolute Gasteiger partial charge is 0.256 e. The average molecular weight is 285 g/mol. The van der Waals surface area contributed by atoms with Gasteiger partial charge in [-0.25, -0.2) is 0 Å². The van der Waals surface area contributed by atoms with E-state index in [4.69, 9.17) is 11.6 Å². The first-order chi connectivity index (χ1) is 9.66. The fourth-order valence-corrected chi connectivity index (χ4v) is 2.33. The zero-order chi connectivity index (χ0) is 14.1. The van der Waals surface area contributed by atoms with Crippen LogP contribution in [0.4, 0.5) is 5.69 Å². The summed E-state index contributed by atoms with van der Waals surface area (Å²) >= 11 is 6.10. The molecule has 1 N–H and O–H groups in total. The van der Waals surface area contributed by atoms with Crippen LogP contribution in [0.15, 0.2) is 48.7 Å². The minimum Gasteiger partial charge on any atom is -0.321 e. The summed E-state index contributed by atoms with van der Waals surface area (Å²) in [7, 11) is 0. The Balaban J connectivity index is 2.06. The van der Waals surface area contributed by atoms with Gasteiger partial charge in [-0.05, 0) is 24.3 Å². The fourth-order valence-electron chi connectivity index (χ4n) is 2.06. The van der Waals surface area contributed by atoms with Crippen molar-refractivity contribution in [3.05, 3.63) is 65.0 Å². The van der Waals surface area contributed by atoms with Crippen LogP contribution in [0.5, 0.6) is 0 Å². The molecule has 0 radical (unpaired) electrons. The topological polar surface area (TPSA) is 59.1 Å². The van der Waals surface area contributed by atoms with Gasteiger partial charge in [0.2, 0.25) is 5.78 Å². The molecule has 5 heteroatoms. The molecule has 3 rings (SSSR count). The average Bonchev–Trinajstić information content (AvgIpc) is 2.77. The van der Waals surface area contributed by atoms with E-state index in [-0.39, 0.29) is 23.0 Å². The van der Waals surface area contributed by atoms with Gasteiger partial charge in [0.25, 0.3) is 5.91 Å². The molecule has 0 spiro atoms. The largest absolute Gasteiger partial charge is 0.321 e. The lowest BCUT2D eigenvalue weighted by molar-refractivity contribution is -0.110. The summed E-state index contributed by atoms with van der Waals surface area (Å²) in [4.78, 5) is 28.0. The number of hydrogen-bond acceptors (Lipinski definition) is 3. The quantitative estimate of drug-likeness (QED) is 0.681. The summed E-state index contributed by atoms with van der Waals surface area (Å²) in [6.45, 7) is 0. The third-order valence-corrected chi connectivity index (χ3v) is 3.28. The van der Waals surface area contributed by atoms with Crippen LogP contribution in [0.2, 0.25) is 5.02 Å². The number of pyridine rings is 1. The number of nitrogens with zero attached hydrogens (tertiary/aromatic N) is 1. The number of carbonyl (C=O) groups is 2. The maximum atomic E-state index is 12.1. The van der Waals surface area contributed by atoms with Crippen LogP contribution >= 0.6 is 11.6 Å². The van der Waals surface area contributed by atoms with E-state index in [2.05, 4.69) is 10.3 Å². The van der Waals surface area contributed by atoms with Crippen molar-refractivity contribution in [1.29, 1.82) is 0 Å². The molecule has 0 saturated carbocycles. The highest BCUT2D eigenvalue weighted by Crippen LogP contribution is 2.37. The van der Waals surface area contributed by atoms with Crippen molar-refractivity contribution in [2.45, 2.75) is 0 Å². The lowest BCUT2D eigenvalue weighted by atomic mass is 10.0. The molecule has 1 aromatic heterocycles. The zero-order valence-electron chi connectivity index (χ0n) is 10.3. The SMILES string of the molecule is O=C1Nc2cccc(Cl)c2/C1=C\C(=O)c1ccccn1. The molecular formula is C15H9ClN2O2. The van der Waals surface area contributed by atoms with Gasteiger partial charge < -0.3 is 5.32 Å². The first kappa shape index (κ1) is 12.6. The van der Waals surface area contributed by atoms with E-state index in [1.807, 2.05) is 0 Å². The third-order valence-electron chi connectivity index (χ3n) is 2.97. The van der Waals surface area contributed by atoms with Crippen molar-refractivity contribution in [2.24, 2.45) is 0 Å². The number of allylic oxidation sites excluding steroid dienone is 1. The zero-order valence-corrected chi connectivity index (χ0v) is 11.0. The van der Waals surface area contributed by atoms with E-state index in [1.165, 1.54) is 12.3 Å². The summed E-state index contributed by atoms with van der Waals surface area (Å²) in [6.07, 6.45) is 2.80. The number of aromatic nitrogens is 1. The molecule has 0 atom stereocenters. The Morgan fingerprint density at radius 1 is 1.20 bits per heavy atom. The highest BCUT2D eigenvalue weighted by molar-refractivity contribution is 6.41. The minimum atomic E-state index is -0.336. The van der Waals surface area contributed by atoms with E-state index in [0.717, 1.165) is 0 Å². The van der Waals surface area contributed by atoms with Crippen molar-refractivity contribution in [3.63, 3.8) is 0 Å². The molecule has 1 amide bonds. The second kappa shape index (κ2) is 4.90. The number of hydrogen-bond donors (Lipinski definition) is 1. The number of halogens is 1. The lowest BCUT2D eigenvalue weighted by Crippen LogP contribution is -2.06. The molecule has 20 heavy (non-hydrogen) atoms. The van der Waals surface area contributed by atoms with Gasteiger partial charge in [-0.2, -0.15) is 0 Å². The Morgan fingerprint density at radius 3 is 2.80 bits per heavy atom. The van der Waals surface area contributed by atoms with Gasteiger partial charge >= 0.3 is 0 Å². The summed E-state index contributed by atoms with van der Waals surface area (Å²) in [5, 5.41) is 3.11. The predicted molar refractivity (Wildman–Crippen MR) is 76.6 cm³/mol. The standard InChI is InChI=1S/C15H9ClN2O2/c16-10-4-3-6-12-14(10)9(15(20)18-12)8-13(19)11-5-1-2-7-17-11/h1-8H,(H,18,20)/b9-8+. The van der Waals surface area contributed by atoms with Gasteiger partial charge in [0, 0.05) is 17.8 Å². The number of amides is 1. The van der Waals surface area contributed by atoms with Crippen molar-refractivity contribution < 1.29 is 9.59 Å². The van der Waals surface area contributed by atoms with Crippen molar-refractivity contribution >= 4 is 34.6 Å². The Kier molecular flexibility index (Phi) is 3.08. The molecular weight excluding hydrogens is 276 g/mol. The predicted octanol–water partition coefficient (Wildman–Crippen LogP) is 2.95. The second-order valence-corrected chi connectivity index (χ2v) is 4.66. The maximum absolute atomic E-state index is 12.1. The highest BCUT2D eigenvalue weighted by atomic mass is 35.5. The van der Waals surface area contributed by atoms with Gasteiger partial charge in [0.05, 0.1) is 16.3 Å². The maximum Gasteiger partial charge on any atom is 0.256 e. The molecule has 1 aliphatic heterocycles. The Hall–Kier alpha value is -2.46. The number of fused-ring (bicyclic) bond motifs is 1. The second-order valence-electron chi connectivity index (χ2n) is 4.25. The number of anilines is 1. The van der Waals surface area contributed by atoms with E-state index in [0.29, 0.717) is 16.3 Å². The van der Waals surface area contributed by atoms with Crippen LogP contribution in [0.1, 0.15) is 16.1 Å². The first-order valence-electron chi connectivity index (χ1n) is 5.94. The summed E-state index contributed by atoms with van der Waals surface area (Å²) in [5.41, 5.74) is 1.72. The lowest BCUT2D eigenvalue weighted by Gasteiger charge is -2.00. The number of carbonyl (C=O) groups excluding carboxylic acids is 2. The molecule has 2 aromatic rings. The van der Waals surface area contributed by atoms with E-state index in [1.54, 1.807) is 36.4 Å². The highest BCUT2D eigenvalue weighted by Gasteiger charge is 2.27. The normalized spacial score (nSPS) is 15.1. The van der Waals surface area contributed by atoms with Crippen LogP contribution in [-0.2, 0) is 4.79 Å². The van der Waals surface area contributed by atoms with Gasteiger partial charge in [-0.3, -0.25) is 14.6 Å². The number of ketones is 1. The molecule has 2 heterocycles. The number of benzene rings is 1. The summed E-state index contributed by atoms with van der Waals surface area (Å²) in [6, 6.07) is 10.2. The number of nitrogens with one attached hydrogen (secondary N) is 1. The third kappa shape index (κ3) is 2.10. The van der Waals surface area contributed by atoms with Crippen LogP contribution < -0.4 is 5.32 Å². The molecule has 1 aromatic carbocycles. The molecule has 0 fully saturated rings. The fraction of sp³-hybridized carbons (Fsp3) is 0. The molecule has 98 valence electrons. The van der Waals surface area contributed by atoms with Gasteiger partial charge in [0.15, 0.2) is 0 Å². The molecule has 1 aliphatic rings. The van der Waals surface area contributed by atoms with Crippen molar-refractivity contribution in [2.75, 3.05) is 5.32 Å². The van der Waals surface area contributed by atoms with Crippen LogP contribution in [0, 0.1) is 0 Å². The van der Waals surface area contributed by atoms with Crippen molar-refractivity contribution in [1.82, 2.24) is 4.98 Å². The van der Waals surface area contributed by atoms with E-state index in [9.17, 15) is 9.59 Å². The van der Waals surface area contributed by atoms with Gasteiger partial charge in [-0.1, -0.05) is 23.7 Å². The van der Waals surface area contributed by atoms with E-state index >= 15 is 0 Å². The molecule has 0 unspecified atom stereocenters. The van der Waals surface area contributed by atoms with Gasteiger partial charge in [-0.15, -0.1) is 0 Å². The van der Waals surface area contributed by atoms with Crippen LogP contribution in [-0.4, -0.2) is 16.7 Å². The van der Waals surface area contributed by atoms with Crippen LogP contribution in [0.3, 0.4) is 0 Å². The van der Waals surface area contributed by atoms with Gasteiger partial charge in [0.1, 0.15) is 5.69 Å². The Morgan fingerprint density at radius 2 is 2.05 bits per heavy atom. The Bertz CT molecular complexity index is 739. The summed E-state index contributed by atoms with van der Waals surface area (Å²) in [5.74, 6) is -0.666. The molecule has 0 bridgehead atoms. The first-order valence-corrected chi connectivity index (χ1v) is 6.32. The minimum absolute atomic E-state index is 0.265. The van der Waals surface area contributed by atoms with Crippen LogP contribution in [0.25, 0.3) is 5.57 Å². The summed E-state index contributed by atoms with van der Waals surface area (Å²) < 4.78 is 0. The van der Waals surface area contributed by atoms with Crippen molar-refractivity contribution in [3.8, 4) is 0 Å². The molecule has 0 aliphatic carbocycles. The Labute approximate surface area is 120 Å². The molecule has 4 nitrogen and oxygen atoms in total. The van der Waals surface area contributed by atoms with E-state index < -0.39 is 0 Å². The monoisotopic (exact) mass is 284 g/mol. The number of rotatable bonds is 2.